The molecule has 0 saturated carbocycles. The number of aliphatic hydroxyl groups excluding tert-OH is 1. The largest absolute Gasteiger partial charge is 0.491 e. The molecule has 0 bridgehead atoms. The molecule has 0 saturated heterocycles. The lowest BCUT2D eigenvalue weighted by atomic mass is 10.2. The van der Waals surface area contributed by atoms with Gasteiger partial charge in [0, 0.05) is 10.7 Å². The molecule has 0 heterocycles. The molecule has 2 rings (SSSR count). The first-order valence-corrected chi connectivity index (χ1v) is 7.00. The van der Waals surface area contributed by atoms with Crippen LogP contribution >= 0.6 is 11.6 Å². The lowest BCUT2D eigenvalue weighted by Crippen LogP contribution is -2.23. The van der Waals surface area contributed by atoms with Crippen LogP contribution < -0.4 is 10.5 Å². The Morgan fingerprint density at radius 2 is 1.86 bits per heavy atom. The highest BCUT2D eigenvalue weighted by Crippen LogP contribution is 2.14. The zero-order chi connectivity index (χ0) is 15.1. The van der Waals surface area contributed by atoms with Gasteiger partial charge in [-0.3, -0.25) is 0 Å². The van der Waals surface area contributed by atoms with Gasteiger partial charge in [-0.15, -0.1) is 0 Å². The maximum Gasteiger partial charge on any atom is 0.119 e. The lowest BCUT2D eigenvalue weighted by Gasteiger charge is -2.13. The summed E-state index contributed by atoms with van der Waals surface area (Å²) in [6.07, 6.45) is -0.693. The smallest absolute Gasteiger partial charge is 0.119 e. The highest BCUT2D eigenvalue weighted by atomic mass is 35.5. The third-order valence-corrected chi connectivity index (χ3v) is 3.03. The molecular formula is C16H18ClNO3. The molecule has 0 fully saturated rings. The molecule has 1 atom stereocenters. The Labute approximate surface area is 129 Å². The maximum atomic E-state index is 9.80. The molecule has 0 spiro atoms. The average molecular weight is 308 g/mol. The molecule has 0 aliphatic carbocycles. The van der Waals surface area contributed by atoms with E-state index in [4.69, 9.17) is 26.8 Å². The normalized spacial score (nSPS) is 12.1. The van der Waals surface area contributed by atoms with Gasteiger partial charge in [0.1, 0.15) is 18.5 Å². The summed E-state index contributed by atoms with van der Waals surface area (Å²) in [4.78, 5) is 0. The predicted octanol–water partition coefficient (Wildman–Crippen LogP) is 2.88. The molecule has 0 aliphatic rings. The number of nitrogens with two attached hydrogens (primary N) is 1. The van der Waals surface area contributed by atoms with Crippen LogP contribution in [-0.2, 0) is 11.3 Å². The monoisotopic (exact) mass is 307 g/mol. The van der Waals surface area contributed by atoms with Crippen LogP contribution in [-0.4, -0.2) is 24.4 Å². The highest BCUT2D eigenvalue weighted by Gasteiger charge is 2.06. The summed E-state index contributed by atoms with van der Waals surface area (Å²) in [6.45, 7) is 0.764. The number of benzene rings is 2. The number of hydrogen-bond acceptors (Lipinski definition) is 4. The zero-order valence-corrected chi connectivity index (χ0v) is 12.3. The molecular weight excluding hydrogens is 290 g/mol. The Balaban J connectivity index is 1.67. The van der Waals surface area contributed by atoms with Crippen LogP contribution in [0.5, 0.6) is 5.75 Å². The lowest BCUT2D eigenvalue weighted by molar-refractivity contribution is 0.00549. The van der Waals surface area contributed by atoms with Crippen molar-refractivity contribution in [3.05, 3.63) is 59.1 Å². The van der Waals surface area contributed by atoms with E-state index in [-0.39, 0.29) is 13.2 Å². The average Bonchev–Trinajstić information content (AvgIpc) is 2.47. The molecule has 112 valence electrons. The van der Waals surface area contributed by atoms with Gasteiger partial charge in [0.05, 0.1) is 13.2 Å². The van der Waals surface area contributed by atoms with E-state index in [1.165, 1.54) is 0 Å². The van der Waals surface area contributed by atoms with E-state index in [9.17, 15) is 5.11 Å². The summed E-state index contributed by atoms with van der Waals surface area (Å²) < 4.78 is 10.9. The molecule has 0 amide bonds. The fraction of sp³-hybridized carbons (Fsp3) is 0.250. The van der Waals surface area contributed by atoms with Crippen molar-refractivity contribution in [2.24, 2.45) is 0 Å². The number of halogens is 1. The van der Waals surface area contributed by atoms with E-state index >= 15 is 0 Å². The number of anilines is 1. The van der Waals surface area contributed by atoms with Crippen molar-refractivity contribution in [2.75, 3.05) is 18.9 Å². The van der Waals surface area contributed by atoms with Crippen molar-refractivity contribution in [3.63, 3.8) is 0 Å². The van der Waals surface area contributed by atoms with Gasteiger partial charge < -0.3 is 20.3 Å². The molecule has 4 nitrogen and oxygen atoms in total. The van der Waals surface area contributed by atoms with Gasteiger partial charge in [-0.2, -0.15) is 0 Å². The zero-order valence-electron chi connectivity index (χ0n) is 11.5. The summed E-state index contributed by atoms with van der Waals surface area (Å²) in [7, 11) is 0. The number of nitrogen functional groups attached to an aromatic ring is 1. The highest BCUT2D eigenvalue weighted by molar-refractivity contribution is 6.30. The Morgan fingerprint density at radius 1 is 1.10 bits per heavy atom. The quantitative estimate of drug-likeness (QED) is 0.772. The second-order valence-corrected chi connectivity index (χ2v) is 5.12. The molecule has 1 unspecified atom stereocenters. The molecule has 0 aromatic heterocycles. The van der Waals surface area contributed by atoms with E-state index in [2.05, 4.69) is 0 Å². The molecule has 3 N–H and O–H groups in total. The Morgan fingerprint density at radius 3 is 2.57 bits per heavy atom. The minimum absolute atomic E-state index is 0.166. The van der Waals surface area contributed by atoms with Gasteiger partial charge in [0.25, 0.3) is 0 Å². The van der Waals surface area contributed by atoms with Crippen molar-refractivity contribution >= 4 is 17.3 Å². The predicted molar refractivity (Wildman–Crippen MR) is 83.5 cm³/mol. The Bertz CT molecular complexity index is 560. The third-order valence-electron chi connectivity index (χ3n) is 2.79. The summed E-state index contributed by atoms with van der Waals surface area (Å²) in [6, 6.07) is 14.4. The van der Waals surface area contributed by atoms with Gasteiger partial charge in [0.2, 0.25) is 0 Å². The van der Waals surface area contributed by atoms with Gasteiger partial charge in [-0.1, -0.05) is 23.7 Å². The third kappa shape index (κ3) is 5.63. The van der Waals surface area contributed by atoms with E-state index in [0.717, 1.165) is 5.56 Å². The van der Waals surface area contributed by atoms with E-state index in [1.807, 2.05) is 18.2 Å². The van der Waals surface area contributed by atoms with Crippen LogP contribution in [0.4, 0.5) is 5.69 Å². The first kappa shape index (κ1) is 15.6. The van der Waals surface area contributed by atoms with Crippen molar-refractivity contribution < 1.29 is 14.6 Å². The van der Waals surface area contributed by atoms with Gasteiger partial charge in [-0.25, -0.2) is 0 Å². The summed E-state index contributed by atoms with van der Waals surface area (Å²) in [5.74, 6) is 0.665. The molecule has 2 aromatic rings. The van der Waals surface area contributed by atoms with Gasteiger partial charge in [-0.05, 0) is 42.0 Å². The Kier molecular flexibility index (Phi) is 5.87. The molecule has 0 radical (unpaired) electrons. The fourth-order valence-corrected chi connectivity index (χ4v) is 1.96. The van der Waals surface area contributed by atoms with Crippen molar-refractivity contribution in [1.29, 1.82) is 0 Å². The molecule has 0 aliphatic heterocycles. The van der Waals surface area contributed by atoms with Crippen molar-refractivity contribution in [1.82, 2.24) is 0 Å². The van der Waals surface area contributed by atoms with Crippen LogP contribution in [0, 0.1) is 0 Å². The first-order chi connectivity index (χ1) is 10.1. The van der Waals surface area contributed by atoms with Crippen LogP contribution in [0.2, 0.25) is 5.02 Å². The molecule has 2 aromatic carbocycles. The number of rotatable bonds is 7. The SMILES string of the molecule is Nc1ccc(OCC(O)COCc2cccc(Cl)c2)cc1. The van der Waals surface area contributed by atoms with Crippen LogP contribution in [0.3, 0.4) is 0 Å². The second kappa shape index (κ2) is 7.88. The molecule has 21 heavy (non-hydrogen) atoms. The number of ether oxygens (including phenoxy) is 2. The van der Waals surface area contributed by atoms with Crippen LogP contribution in [0.25, 0.3) is 0 Å². The van der Waals surface area contributed by atoms with Gasteiger partial charge in [0.15, 0.2) is 0 Å². The minimum Gasteiger partial charge on any atom is -0.491 e. The maximum absolute atomic E-state index is 9.80. The summed E-state index contributed by atoms with van der Waals surface area (Å²) in [5.41, 5.74) is 7.22. The number of aliphatic hydroxyl groups is 1. The van der Waals surface area contributed by atoms with Crippen LogP contribution in [0.1, 0.15) is 5.56 Å². The van der Waals surface area contributed by atoms with E-state index < -0.39 is 6.10 Å². The topological polar surface area (TPSA) is 64.7 Å². The summed E-state index contributed by atoms with van der Waals surface area (Å²) >= 11 is 5.88. The van der Waals surface area contributed by atoms with E-state index in [0.29, 0.717) is 23.1 Å². The first-order valence-electron chi connectivity index (χ1n) is 6.62. The molecule has 5 heteroatoms. The van der Waals surface area contributed by atoms with Crippen LogP contribution in [0.15, 0.2) is 48.5 Å². The second-order valence-electron chi connectivity index (χ2n) is 4.68. The van der Waals surface area contributed by atoms with E-state index in [1.54, 1.807) is 30.3 Å². The summed E-state index contributed by atoms with van der Waals surface area (Å²) in [5, 5.41) is 10.5. The van der Waals surface area contributed by atoms with Gasteiger partial charge >= 0.3 is 0 Å². The standard InChI is InChI=1S/C16H18ClNO3/c17-13-3-1-2-12(8-13)9-20-10-15(19)11-21-16-6-4-14(18)5-7-16/h1-8,15,19H,9-11,18H2. The Hall–Kier alpha value is -1.75. The fourth-order valence-electron chi connectivity index (χ4n) is 1.74. The van der Waals surface area contributed by atoms with Crippen molar-refractivity contribution in [2.45, 2.75) is 12.7 Å². The number of hydrogen-bond donors (Lipinski definition) is 2. The minimum atomic E-state index is -0.693. The van der Waals surface area contributed by atoms with Crippen molar-refractivity contribution in [3.8, 4) is 5.75 Å².